The van der Waals surface area contributed by atoms with E-state index in [4.69, 9.17) is 11.6 Å². The van der Waals surface area contributed by atoms with Gasteiger partial charge in [0.15, 0.2) is 0 Å². The Balaban J connectivity index is 1.96. The number of amides is 2. The number of carbonyl (C=O) groups excluding carboxylic acids is 2. The monoisotopic (exact) mass is 376 g/mol. The average Bonchev–Trinajstić information content (AvgIpc) is 2.61. The molecule has 0 aliphatic heterocycles. The van der Waals surface area contributed by atoms with E-state index in [1.54, 1.807) is 42.5 Å². The smallest absolute Gasteiger partial charge is 0.253 e. The van der Waals surface area contributed by atoms with E-state index < -0.39 is 11.9 Å². The fourth-order valence-electron chi connectivity index (χ4n) is 2.53. The van der Waals surface area contributed by atoms with Crippen molar-refractivity contribution in [1.82, 2.24) is 10.6 Å². The number of nitrogens with one attached hydrogen (secondary N) is 2. The topological polar surface area (TPSA) is 58.2 Å². The van der Waals surface area contributed by atoms with Gasteiger partial charge in [0.05, 0.1) is 10.6 Å². The van der Waals surface area contributed by atoms with Gasteiger partial charge >= 0.3 is 0 Å². The van der Waals surface area contributed by atoms with Crippen LogP contribution in [0, 0.1) is 11.7 Å². The first-order chi connectivity index (χ1) is 12.4. The molecule has 0 radical (unpaired) electrons. The van der Waals surface area contributed by atoms with E-state index in [1.807, 2.05) is 13.8 Å². The van der Waals surface area contributed by atoms with Crippen LogP contribution in [0.25, 0.3) is 0 Å². The second kappa shape index (κ2) is 9.34. The molecule has 2 aromatic rings. The van der Waals surface area contributed by atoms with Gasteiger partial charge in [-0.05, 0) is 36.1 Å². The molecular formula is C20H22ClFN2O2. The van der Waals surface area contributed by atoms with Crippen molar-refractivity contribution in [2.75, 3.05) is 6.54 Å². The Morgan fingerprint density at radius 2 is 1.73 bits per heavy atom. The second-order valence-electron chi connectivity index (χ2n) is 6.31. The van der Waals surface area contributed by atoms with E-state index in [0.29, 0.717) is 22.6 Å². The van der Waals surface area contributed by atoms with Crippen molar-refractivity contribution in [2.24, 2.45) is 5.92 Å². The summed E-state index contributed by atoms with van der Waals surface area (Å²) in [6.45, 7) is 3.97. The van der Waals surface area contributed by atoms with Crippen LogP contribution in [0.15, 0.2) is 48.5 Å². The number of carbonyl (C=O) groups is 2. The highest BCUT2D eigenvalue weighted by molar-refractivity contribution is 6.33. The molecular weight excluding hydrogens is 355 g/mol. The normalized spacial score (nSPS) is 11.9. The van der Waals surface area contributed by atoms with Gasteiger partial charge in [-0.15, -0.1) is 0 Å². The highest BCUT2D eigenvalue weighted by Gasteiger charge is 2.25. The van der Waals surface area contributed by atoms with Crippen molar-refractivity contribution >= 4 is 23.4 Å². The van der Waals surface area contributed by atoms with E-state index >= 15 is 0 Å². The summed E-state index contributed by atoms with van der Waals surface area (Å²) in [4.78, 5) is 24.9. The lowest BCUT2D eigenvalue weighted by Crippen LogP contribution is -2.50. The predicted octanol–water partition coefficient (Wildman–Crippen LogP) is 3.59. The van der Waals surface area contributed by atoms with Crippen molar-refractivity contribution in [3.63, 3.8) is 0 Å². The number of halogens is 2. The molecule has 2 amide bonds. The van der Waals surface area contributed by atoms with E-state index in [-0.39, 0.29) is 24.2 Å². The first kappa shape index (κ1) is 19.9. The Labute approximate surface area is 157 Å². The third kappa shape index (κ3) is 5.30. The fraction of sp³-hybridized carbons (Fsp3) is 0.300. The van der Waals surface area contributed by atoms with E-state index in [9.17, 15) is 14.0 Å². The summed E-state index contributed by atoms with van der Waals surface area (Å²) < 4.78 is 13.6. The summed E-state index contributed by atoms with van der Waals surface area (Å²) in [5.74, 6) is -1.13. The van der Waals surface area contributed by atoms with Gasteiger partial charge in [-0.1, -0.05) is 55.8 Å². The molecule has 0 spiro atoms. The molecule has 0 bridgehead atoms. The molecule has 4 nitrogen and oxygen atoms in total. The minimum atomic E-state index is -0.709. The number of rotatable bonds is 7. The maximum atomic E-state index is 13.6. The van der Waals surface area contributed by atoms with Gasteiger partial charge in [0.25, 0.3) is 5.91 Å². The van der Waals surface area contributed by atoms with Gasteiger partial charge in [-0.25, -0.2) is 4.39 Å². The molecule has 0 aliphatic carbocycles. The quantitative estimate of drug-likeness (QED) is 0.775. The summed E-state index contributed by atoms with van der Waals surface area (Å²) in [6.07, 6.45) is 0.377. The average molecular weight is 377 g/mol. The Morgan fingerprint density at radius 1 is 1.08 bits per heavy atom. The van der Waals surface area contributed by atoms with Crippen molar-refractivity contribution in [3.8, 4) is 0 Å². The first-order valence-corrected chi connectivity index (χ1v) is 8.84. The number of benzene rings is 2. The third-order valence-corrected chi connectivity index (χ3v) is 4.34. The summed E-state index contributed by atoms with van der Waals surface area (Å²) in [5.41, 5.74) is 0.855. The zero-order valence-corrected chi connectivity index (χ0v) is 15.5. The molecule has 1 atom stereocenters. The molecule has 2 rings (SSSR count). The molecule has 0 heterocycles. The van der Waals surface area contributed by atoms with E-state index in [2.05, 4.69) is 10.6 Å². The van der Waals surface area contributed by atoms with Gasteiger partial charge in [0.2, 0.25) is 5.91 Å². The molecule has 0 saturated heterocycles. The molecule has 2 N–H and O–H groups in total. The van der Waals surface area contributed by atoms with Crippen molar-refractivity contribution < 1.29 is 14.0 Å². The lowest BCUT2D eigenvalue weighted by atomic mass is 10.0. The molecule has 6 heteroatoms. The van der Waals surface area contributed by atoms with Crippen LogP contribution in [0.5, 0.6) is 0 Å². The number of hydrogen-bond acceptors (Lipinski definition) is 2. The van der Waals surface area contributed by atoms with Crippen LogP contribution >= 0.6 is 11.6 Å². The molecule has 0 unspecified atom stereocenters. The van der Waals surface area contributed by atoms with Gasteiger partial charge in [0.1, 0.15) is 11.9 Å². The highest BCUT2D eigenvalue weighted by atomic mass is 35.5. The molecule has 0 saturated carbocycles. The Morgan fingerprint density at radius 3 is 2.38 bits per heavy atom. The van der Waals surface area contributed by atoms with Crippen LogP contribution in [0.4, 0.5) is 4.39 Å². The minimum absolute atomic E-state index is 0.116. The molecule has 0 fully saturated rings. The SMILES string of the molecule is CC(C)[C@H](NC(=O)c1ccccc1Cl)C(=O)NCCc1ccccc1F. The van der Waals surface area contributed by atoms with Crippen LogP contribution < -0.4 is 10.6 Å². The molecule has 2 aromatic carbocycles. The number of hydrogen-bond donors (Lipinski definition) is 2. The largest absolute Gasteiger partial charge is 0.354 e. The summed E-state index contributed by atoms with van der Waals surface area (Å²) >= 11 is 6.03. The molecule has 26 heavy (non-hydrogen) atoms. The summed E-state index contributed by atoms with van der Waals surface area (Å²) in [6, 6.07) is 12.4. The fourth-order valence-corrected chi connectivity index (χ4v) is 2.75. The van der Waals surface area contributed by atoms with Crippen LogP contribution in [0.2, 0.25) is 5.02 Å². The Hall–Kier alpha value is -2.40. The Kier molecular flexibility index (Phi) is 7.16. The van der Waals surface area contributed by atoms with E-state index in [0.717, 1.165) is 0 Å². The third-order valence-electron chi connectivity index (χ3n) is 4.01. The summed E-state index contributed by atoms with van der Waals surface area (Å²) in [7, 11) is 0. The lowest BCUT2D eigenvalue weighted by molar-refractivity contribution is -0.123. The minimum Gasteiger partial charge on any atom is -0.354 e. The summed E-state index contributed by atoms with van der Waals surface area (Å²) in [5, 5.41) is 5.81. The Bertz CT molecular complexity index is 780. The lowest BCUT2D eigenvalue weighted by Gasteiger charge is -2.22. The maximum Gasteiger partial charge on any atom is 0.253 e. The predicted molar refractivity (Wildman–Crippen MR) is 101 cm³/mol. The van der Waals surface area contributed by atoms with Gasteiger partial charge in [-0.3, -0.25) is 9.59 Å². The first-order valence-electron chi connectivity index (χ1n) is 8.46. The molecule has 0 aliphatic rings. The van der Waals surface area contributed by atoms with E-state index in [1.165, 1.54) is 6.07 Å². The van der Waals surface area contributed by atoms with Gasteiger partial charge in [-0.2, -0.15) is 0 Å². The van der Waals surface area contributed by atoms with Gasteiger partial charge in [0, 0.05) is 6.54 Å². The standard InChI is InChI=1S/C20H22ClFN2O2/c1-13(2)18(24-19(25)15-8-4-5-9-16(15)21)20(26)23-12-11-14-7-3-6-10-17(14)22/h3-10,13,18H,11-12H2,1-2H3,(H,23,26)(H,24,25)/t18-/m0/s1. The van der Waals surface area contributed by atoms with Crippen LogP contribution in [-0.2, 0) is 11.2 Å². The van der Waals surface area contributed by atoms with Crippen LogP contribution in [0.1, 0.15) is 29.8 Å². The van der Waals surface area contributed by atoms with Gasteiger partial charge < -0.3 is 10.6 Å². The second-order valence-corrected chi connectivity index (χ2v) is 6.71. The zero-order chi connectivity index (χ0) is 19.1. The van der Waals surface area contributed by atoms with Crippen molar-refractivity contribution in [1.29, 1.82) is 0 Å². The van der Waals surface area contributed by atoms with Crippen molar-refractivity contribution in [3.05, 3.63) is 70.5 Å². The molecule has 138 valence electrons. The van der Waals surface area contributed by atoms with Crippen molar-refractivity contribution in [2.45, 2.75) is 26.3 Å². The zero-order valence-electron chi connectivity index (χ0n) is 14.8. The molecule has 0 aromatic heterocycles. The van der Waals surface area contributed by atoms with Crippen LogP contribution in [0.3, 0.4) is 0 Å². The maximum absolute atomic E-state index is 13.6. The van der Waals surface area contributed by atoms with Crippen LogP contribution in [-0.4, -0.2) is 24.4 Å². The highest BCUT2D eigenvalue weighted by Crippen LogP contribution is 2.15.